The van der Waals surface area contributed by atoms with E-state index in [1.54, 1.807) is 19.9 Å². The van der Waals surface area contributed by atoms with Crippen LogP contribution in [0.15, 0.2) is 18.3 Å². The molecular weight excluding hydrogens is 236 g/mol. The number of hydrogen-bond acceptors (Lipinski definition) is 5. The van der Waals surface area contributed by atoms with E-state index in [1.165, 1.54) is 19.4 Å². The Morgan fingerprint density at radius 3 is 2.72 bits per heavy atom. The first-order valence-electron chi connectivity index (χ1n) is 5.49. The minimum absolute atomic E-state index is 0.131. The molecule has 18 heavy (non-hydrogen) atoms. The van der Waals surface area contributed by atoms with Gasteiger partial charge in [-0.15, -0.1) is 0 Å². The zero-order chi connectivity index (χ0) is 13.8. The second-order valence-electron chi connectivity index (χ2n) is 4.04. The first kappa shape index (κ1) is 14.0. The van der Waals surface area contributed by atoms with Crippen molar-refractivity contribution in [2.45, 2.75) is 25.8 Å². The van der Waals surface area contributed by atoms with E-state index >= 15 is 0 Å². The molecule has 1 rings (SSSR count). The highest BCUT2D eigenvalue weighted by Crippen LogP contribution is 2.19. The molecule has 0 amide bonds. The molecule has 2 N–H and O–H groups in total. The Hall–Kier alpha value is -2.11. The summed E-state index contributed by atoms with van der Waals surface area (Å²) in [4.78, 5) is 26.3. The summed E-state index contributed by atoms with van der Waals surface area (Å²) in [6, 6.07) is 3.06. The third-order valence-corrected chi connectivity index (χ3v) is 2.75. The molecule has 1 aromatic rings. The lowest BCUT2D eigenvalue weighted by Gasteiger charge is -2.25. The van der Waals surface area contributed by atoms with Crippen LogP contribution in [0.4, 0.5) is 5.69 Å². The molecule has 0 aliphatic heterocycles. The maximum atomic E-state index is 11.3. The van der Waals surface area contributed by atoms with Crippen LogP contribution in [0.25, 0.3) is 0 Å². The van der Waals surface area contributed by atoms with Crippen molar-refractivity contribution in [3.63, 3.8) is 0 Å². The van der Waals surface area contributed by atoms with E-state index in [4.69, 9.17) is 5.11 Å². The summed E-state index contributed by atoms with van der Waals surface area (Å²) in [5.41, 5.74) is -0.446. The second kappa shape index (κ2) is 5.48. The Morgan fingerprint density at radius 2 is 2.22 bits per heavy atom. The molecule has 0 aromatic carbocycles. The van der Waals surface area contributed by atoms with E-state index in [0.717, 1.165) is 0 Å². The zero-order valence-corrected chi connectivity index (χ0v) is 10.6. The van der Waals surface area contributed by atoms with Crippen LogP contribution in [-0.4, -0.2) is 34.7 Å². The summed E-state index contributed by atoms with van der Waals surface area (Å²) in [6.45, 7) is 3.34. The van der Waals surface area contributed by atoms with E-state index in [2.05, 4.69) is 15.0 Å². The van der Waals surface area contributed by atoms with Gasteiger partial charge in [-0.1, -0.05) is 6.92 Å². The molecule has 0 spiro atoms. The van der Waals surface area contributed by atoms with Gasteiger partial charge in [-0.3, -0.25) is 0 Å². The fourth-order valence-corrected chi connectivity index (χ4v) is 1.34. The number of ether oxygens (including phenoxy) is 1. The van der Waals surface area contributed by atoms with Crippen LogP contribution in [0.3, 0.4) is 0 Å². The van der Waals surface area contributed by atoms with Crippen LogP contribution in [0.2, 0.25) is 0 Å². The highest BCUT2D eigenvalue weighted by molar-refractivity contribution is 5.88. The Balaban J connectivity index is 2.98. The summed E-state index contributed by atoms with van der Waals surface area (Å²) in [7, 11) is 1.26. The fourth-order valence-electron chi connectivity index (χ4n) is 1.34. The van der Waals surface area contributed by atoms with Gasteiger partial charge >= 0.3 is 11.9 Å². The molecule has 0 bridgehead atoms. The van der Waals surface area contributed by atoms with Gasteiger partial charge in [0.15, 0.2) is 0 Å². The lowest BCUT2D eigenvalue weighted by molar-refractivity contribution is -0.141. The first-order valence-corrected chi connectivity index (χ1v) is 5.49. The number of nitrogens with one attached hydrogen (secondary N) is 1. The van der Waals surface area contributed by atoms with Crippen LogP contribution in [0.5, 0.6) is 0 Å². The molecule has 6 heteroatoms. The minimum Gasteiger partial charge on any atom is -0.480 e. The van der Waals surface area contributed by atoms with Crippen LogP contribution < -0.4 is 5.32 Å². The van der Waals surface area contributed by atoms with Gasteiger partial charge in [0.05, 0.1) is 7.11 Å². The van der Waals surface area contributed by atoms with E-state index in [9.17, 15) is 9.59 Å². The van der Waals surface area contributed by atoms with Crippen molar-refractivity contribution in [1.29, 1.82) is 0 Å². The predicted octanol–water partition coefficient (Wildman–Crippen LogP) is 1.53. The van der Waals surface area contributed by atoms with Crippen LogP contribution in [0, 0.1) is 0 Å². The van der Waals surface area contributed by atoms with Crippen LogP contribution >= 0.6 is 0 Å². The summed E-state index contributed by atoms with van der Waals surface area (Å²) >= 11 is 0. The molecule has 1 aromatic heterocycles. The highest BCUT2D eigenvalue weighted by atomic mass is 16.5. The van der Waals surface area contributed by atoms with Crippen LogP contribution in [0.1, 0.15) is 30.8 Å². The number of carboxylic acids is 1. The number of rotatable bonds is 5. The number of aliphatic carboxylic acids is 1. The number of anilines is 1. The number of hydrogen-bond donors (Lipinski definition) is 2. The maximum absolute atomic E-state index is 11.3. The minimum atomic E-state index is -1.09. The van der Waals surface area contributed by atoms with Crippen molar-refractivity contribution in [2.24, 2.45) is 0 Å². The Bertz CT molecular complexity index is 461. The van der Waals surface area contributed by atoms with Crippen molar-refractivity contribution in [3.8, 4) is 0 Å². The highest BCUT2D eigenvalue weighted by Gasteiger charge is 2.30. The number of carboxylic acid groups (broad SMARTS) is 1. The largest absolute Gasteiger partial charge is 0.480 e. The molecule has 0 saturated heterocycles. The van der Waals surface area contributed by atoms with E-state index in [0.29, 0.717) is 12.1 Å². The third-order valence-electron chi connectivity index (χ3n) is 2.75. The molecule has 0 aliphatic carbocycles. The molecule has 98 valence electrons. The molecule has 0 radical (unpaired) electrons. The Kier molecular flexibility index (Phi) is 4.25. The normalized spacial score (nSPS) is 13.5. The Labute approximate surface area is 105 Å². The summed E-state index contributed by atoms with van der Waals surface area (Å²) in [5, 5.41) is 12.0. The molecule has 0 aliphatic rings. The molecular formula is C12H16N2O4. The standard InChI is InChI=1S/C12H16N2O4/c1-4-12(2,11(16)17)14-8-5-6-13-9(7-8)10(15)18-3/h5-7H,4H2,1-3H3,(H,13,14)(H,16,17). The molecule has 0 fully saturated rings. The fraction of sp³-hybridized carbons (Fsp3) is 0.417. The van der Waals surface area contributed by atoms with E-state index in [1.807, 2.05) is 0 Å². The maximum Gasteiger partial charge on any atom is 0.356 e. The summed E-state index contributed by atoms with van der Waals surface area (Å²) in [5.74, 6) is -1.52. The molecule has 1 unspecified atom stereocenters. The zero-order valence-electron chi connectivity index (χ0n) is 10.6. The van der Waals surface area contributed by atoms with Gasteiger partial charge in [0, 0.05) is 11.9 Å². The first-order chi connectivity index (χ1) is 8.42. The predicted molar refractivity (Wildman–Crippen MR) is 65.5 cm³/mol. The van der Waals surface area contributed by atoms with Crippen molar-refractivity contribution < 1.29 is 19.4 Å². The average Bonchev–Trinajstić information content (AvgIpc) is 2.37. The molecule has 1 heterocycles. The average molecular weight is 252 g/mol. The quantitative estimate of drug-likeness (QED) is 0.773. The van der Waals surface area contributed by atoms with Crippen molar-refractivity contribution >= 4 is 17.6 Å². The van der Waals surface area contributed by atoms with Gasteiger partial charge in [-0.2, -0.15) is 0 Å². The van der Waals surface area contributed by atoms with Crippen molar-refractivity contribution in [3.05, 3.63) is 24.0 Å². The SMILES string of the molecule is CCC(C)(Nc1ccnc(C(=O)OC)c1)C(=O)O. The van der Waals surface area contributed by atoms with Crippen molar-refractivity contribution in [2.75, 3.05) is 12.4 Å². The molecule has 6 nitrogen and oxygen atoms in total. The van der Waals surface area contributed by atoms with Gasteiger partial charge in [-0.05, 0) is 25.5 Å². The second-order valence-corrected chi connectivity index (χ2v) is 4.04. The van der Waals surface area contributed by atoms with Gasteiger partial charge in [0.2, 0.25) is 0 Å². The number of nitrogens with zero attached hydrogens (tertiary/aromatic N) is 1. The molecule has 0 saturated carbocycles. The van der Waals surface area contributed by atoms with Gasteiger partial charge in [-0.25, -0.2) is 14.6 Å². The number of aromatic nitrogens is 1. The number of methoxy groups -OCH3 is 1. The smallest absolute Gasteiger partial charge is 0.356 e. The monoisotopic (exact) mass is 252 g/mol. The van der Waals surface area contributed by atoms with Crippen molar-refractivity contribution in [1.82, 2.24) is 4.98 Å². The lowest BCUT2D eigenvalue weighted by atomic mass is 9.99. The van der Waals surface area contributed by atoms with Gasteiger partial charge in [0.25, 0.3) is 0 Å². The van der Waals surface area contributed by atoms with E-state index in [-0.39, 0.29) is 5.69 Å². The summed E-state index contributed by atoms with van der Waals surface area (Å²) in [6.07, 6.45) is 1.82. The van der Waals surface area contributed by atoms with Gasteiger partial charge in [0.1, 0.15) is 11.2 Å². The summed E-state index contributed by atoms with van der Waals surface area (Å²) < 4.78 is 4.55. The van der Waals surface area contributed by atoms with E-state index < -0.39 is 17.5 Å². The van der Waals surface area contributed by atoms with Crippen LogP contribution in [-0.2, 0) is 9.53 Å². The topological polar surface area (TPSA) is 88.5 Å². The number of carbonyl (C=O) groups excluding carboxylic acids is 1. The molecule has 1 atom stereocenters. The number of carbonyl (C=O) groups is 2. The van der Waals surface area contributed by atoms with Gasteiger partial charge < -0.3 is 15.2 Å². The number of esters is 1. The third kappa shape index (κ3) is 2.97. The lowest BCUT2D eigenvalue weighted by Crippen LogP contribution is -2.42. The number of pyridine rings is 1. The Morgan fingerprint density at radius 1 is 1.56 bits per heavy atom.